The number of benzene rings is 2. The Hall–Kier alpha value is -2.82. The minimum atomic E-state index is 0.988. The van der Waals surface area contributed by atoms with Crippen LogP contribution in [0.4, 0.5) is 11.4 Å². The van der Waals surface area contributed by atoms with Gasteiger partial charge in [-0.25, -0.2) is 9.13 Å². The summed E-state index contributed by atoms with van der Waals surface area (Å²) in [7, 11) is 6.21. The summed E-state index contributed by atoms with van der Waals surface area (Å²) in [4.78, 5) is 2.45. The second-order valence-electron chi connectivity index (χ2n) is 7.35. The summed E-state index contributed by atoms with van der Waals surface area (Å²) in [6.45, 7) is 4.41. The highest BCUT2D eigenvalue weighted by Crippen LogP contribution is 2.23. The van der Waals surface area contributed by atoms with E-state index in [9.17, 15) is 0 Å². The predicted molar refractivity (Wildman–Crippen MR) is 113 cm³/mol. The number of fused-ring (bicyclic) bond motifs is 1. The third-order valence-corrected chi connectivity index (χ3v) is 5.56. The lowest BCUT2D eigenvalue weighted by molar-refractivity contribution is -0.647. The maximum Gasteiger partial charge on any atom is 0.305 e. The van der Waals surface area contributed by atoms with E-state index in [0.29, 0.717) is 0 Å². The Kier molecular flexibility index (Phi) is 4.60. The zero-order valence-corrected chi connectivity index (χ0v) is 16.7. The Morgan fingerprint density at radius 2 is 1.70 bits per heavy atom. The van der Waals surface area contributed by atoms with Crippen LogP contribution < -0.4 is 14.5 Å². The van der Waals surface area contributed by atoms with Gasteiger partial charge in [0.05, 0.1) is 19.8 Å². The molecular weight excluding hydrogens is 334 g/mol. The molecule has 2 heterocycles. The molecule has 0 bridgehead atoms. The Morgan fingerprint density at radius 3 is 2.37 bits per heavy atom. The lowest BCUT2D eigenvalue weighted by atomic mass is 10.2. The van der Waals surface area contributed by atoms with Crippen molar-refractivity contribution in [1.82, 2.24) is 4.57 Å². The van der Waals surface area contributed by atoms with Crippen molar-refractivity contribution in [3.8, 4) is 0 Å². The van der Waals surface area contributed by atoms with Crippen LogP contribution in [0.2, 0.25) is 0 Å². The van der Waals surface area contributed by atoms with Crippen molar-refractivity contribution in [2.45, 2.75) is 19.8 Å². The van der Waals surface area contributed by atoms with Crippen LogP contribution in [-0.4, -0.2) is 30.4 Å². The third-order valence-electron chi connectivity index (χ3n) is 5.56. The summed E-state index contributed by atoms with van der Waals surface area (Å²) >= 11 is 0. The zero-order valence-electron chi connectivity index (χ0n) is 16.7. The number of rotatable bonds is 4. The van der Waals surface area contributed by atoms with Crippen LogP contribution in [0.1, 0.15) is 25.6 Å². The lowest BCUT2D eigenvalue weighted by Gasteiger charge is -2.19. The first kappa shape index (κ1) is 17.6. The molecule has 1 aliphatic heterocycles. The van der Waals surface area contributed by atoms with E-state index in [1.807, 2.05) is 12.1 Å². The first-order chi connectivity index (χ1) is 13.1. The first-order valence-corrected chi connectivity index (χ1v) is 9.64. The average molecular weight is 363 g/mol. The highest BCUT2D eigenvalue weighted by atomic mass is 15.4. The van der Waals surface area contributed by atoms with Gasteiger partial charge >= 0.3 is 5.82 Å². The van der Waals surface area contributed by atoms with E-state index in [1.54, 1.807) is 0 Å². The summed E-state index contributed by atoms with van der Waals surface area (Å²) in [6, 6.07) is 17.2. The minimum Gasteiger partial charge on any atom is -0.372 e. The van der Waals surface area contributed by atoms with Gasteiger partial charge in [-0.05, 0) is 56.2 Å². The maximum absolute atomic E-state index is 4.86. The topological polar surface area (TPSA) is 27.6 Å². The molecule has 5 heteroatoms. The van der Waals surface area contributed by atoms with Crippen molar-refractivity contribution in [3.63, 3.8) is 0 Å². The van der Waals surface area contributed by atoms with Crippen LogP contribution in [-0.2, 0) is 14.1 Å². The van der Waals surface area contributed by atoms with E-state index in [4.69, 9.17) is 5.10 Å². The van der Waals surface area contributed by atoms with E-state index in [1.165, 1.54) is 42.7 Å². The van der Waals surface area contributed by atoms with Gasteiger partial charge in [0.25, 0.3) is 0 Å². The third kappa shape index (κ3) is 3.18. The maximum atomic E-state index is 4.86. The molecule has 1 aliphatic rings. The van der Waals surface area contributed by atoms with Crippen LogP contribution in [0.15, 0.2) is 53.6 Å². The lowest BCUT2D eigenvalue weighted by Crippen LogP contribution is -2.36. The van der Waals surface area contributed by atoms with Crippen molar-refractivity contribution in [3.05, 3.63) is 54.4 Å². The molecule has 0 atom stereocenters. The van der Waals surface area contributed by atoms with Crippen molar-refractivity contribution in [1.29, 1.82) is 0 Å². The van der Waals surface area contributed by atoms with Crippen molar-refractivity contribution in [2.24, 2.45) is 19.2 Å². The molecular formula is C22H28N5+. The number of anilines is 2. The smallest absolute Gasteiger partial charge is 0.305 e. The number of hydrogen-bond acceptors (Lipinski definition) is 3. The van der Waals surface area contributed by atoms with E-state index >= 15 is 0 Å². The Balaban J connectivity index is 1.61. The fourth-order valence-corrected chi connectivity index (χ4v) is 4.15. The molecule has 2 aromatic carbocycles. The predicted octanol–water partition coefficient (Wildman–Crippen LogP) is 3.46. The normalized spacial score (nSPS) is 15.0. The molecule has 140 valence electrons. The fraction of sp³-hybridized carbons (Fsp3) is 0.364. The number of aromatic nitrogens is 2. The highest BCUT2D eigenvalue weighted by molar-refractivity contribution is 5.97. The van der Waals surface area contributed by atoms with Gasteiger partial charge in [0, 0.05) is 25.8 Å². The van der Waals surface area contributed by atoms with Gasteiger partial charge in [0.15, 0.2) is 11.0 Å². The molecule has 0 saturated carbocycles. The molecule has 27 heavy (non-hydrogen) atoms. The second kappa shape index (κ2) is 7.06. The van der Waals surface area contributed by atoms with Gasteiger partial charge in [-0.15, -0.1) is 0 Å². The van der Waals surface area contributed by atoms with Gasteiger partial charge < -0.3 is 4.90 Å². The number of para-hydroxylation sites is 2. The molecule has 0 spiro atoms. The van der Waals surface area contributed by atoms with Crippen LogP contribution >= 0.6 is 0 Å². The standard InChI is InChI=1S/C22H28N5/c1-17(22-24(2)20-9-5-6-10-21(20)25(22)3)23-26(4)18-11-13-19(14-12-18)27-15-7-8-16-27/h5-6,9-14H,7-8,15-16H2,1-4H3/q+1. The van der Waals surface area contributed by atoms with Gasteiger partial charge in [0.1, 0.15) is 5.71 Å². The zero-order chi connectivity index (χ0) is 19.0. The van der Waals surface area contributed by atoms with Gasteiger partial charge in [-0.2, -0.15) is 5.10 Å². The van der Waals surface area contributed by atoms with E-state index < -0.39 is 0 Å². The molecule has 0 aliphatic carbocycles. The molecule has 0 N–H and O–H groups in total. The van der Waals surface area contributed by atoms with E-state index in [-0.39, 0.29) is 0 Å². The molecule has 0 amide bonds. The van der Waals surface area contributed by atoms with Gasteiger partial charge in [0.2, 0.25) is 0 Å². The number of hydrazone groups is 1. The number of imidazole rings is 1. The van der Waals surface area contributed by atoms with Crippen LogP contribution in [0.3, 0.4) is 0 Å². The number of nitrogens with zero attached hydrogens (tertiary/aromatic N) is 5. The summed E-state index contributed by atoms with van der Waals surface area (Å²) in [5, 5.41) is 6.82. The van der Waals surface area contributed by atoms with Crippen LogP contribution in [0, 0.1) is 0 Å². The molecule has 1 fully saturated rings. The fourth-order valence-electron chi connectivity index (χ4n) is 4.15. The van der Waals surface area contributed by atoms with Crippen LogP contribution in [0.5, 0.6) is 0 Å². The molecule has 0 radical (unpaired) electrons. The number of aryl methyl sites for hydroxylation is 2. The SMILES string of the molecule is C/C(=N\N(C)c1ccc(N2CCCC2)cc1)c1n(C)c2ccccc2[n+]1C. The van der Waals surface area contributed by atoms with Gasteiger partial charge in [-0.3, -0.25) is 5.01 Å². The average Bonchev–Trinajstić information content (AvgIpc) is 3.30. The Bertz CT molecular complexity index is 939. The Morgan fingerprint density at radius 1 is 1.04 bits per heavy atom. The van der Waals surface area contributed by atoms with Crippen LogP contribution in [0.25, 0.3) is 11.0 Å². The number of hydrogen-bond donors (Lipinski definition) is 0. The molecule has 0 unspecified atom stereocenters. The molecule has 1 saturated heterocycles. The summed E-state index contributed by atoms with van der Waals surface area (Å²) in [5.74, 6) is 1.11. The second-order valence-corrected chi connectivity index (χ2v) is 7.35. The summed E-state index contributed by atoms with van der Waals surface area (Å²) in [5.41, 5.74) is 5.82. The molecule has 4 rings (SSSR count). The monoisotopic (exact) mass is 362 g/mol. The Labute approximate surface area is 161 Å². The summed E-state index contributed by atoms with van der Waals surface area (Å²) in [6.07, 6.45) is 2.60. The van der Waals surface area contributed by atoms with Crippen molar-refractivity contribution < 1.29 is 4.57 Å². The van der Waals surface area contributed by atoms with Crippen molar-refractivity contribution in [2.75, 3.05) is 30.0 Å². The quantitative estimate of drug-likeness (QED) is 0.404. The molecule has 1 aromatic heterocycles. The first-order valence-electron chi connectivity index (χ1n) is 9.64. The summed E-state index contributed by atoms with van der Waals surface area (Å²) < 4.78 is 4.41. The van der Waals surface area contributed by atoms with E-state index in [2.05, 4.69) is 83.6 Å². The largest absolute Gasteiger partial charge is 0.372 e. The van der Waals surface area contributed by atoms with Gasteiger partial charge in [-0.1, -0.05) is 12.1 Å². The molecule has 3 aromatic rings. The molecule has 5 nitrogen and oxygen atoms in total. The highest BCUT2D eigenvalue weighted by Gasteiger charge is 2.22. The van der Waals surface area contributed by atoms with E-state index in [0.717, 1.165) is 17.2 Å². The van der Waals surface area contributed by atoms with Crippen molar-refractivity contribution >= 4 is 28.1 Å². The minimum absolute atomic E-state index is 0.988.